The molecule has 1 aliphatic rings. The fourth-order valence-corrected chi connectivity index (χ4v) is 4.16. The monoisotopic (exact) mass is 424 g/mol. The average molecular weight is 424 g/mol. The first-order chi connectivity index (χ1) is 14.6. The minimum Gasteiger partial charge on any atom is -0.455 e. The average Bonchev–Trinajstić information content (AvgIpc) is 3.31. The number of hydrogen-bond donors (Lipinski definition) is 1. The van der Waals surface area contributed by atoms with Gasteiger partial charge in [-0.05, 0) is 48.6 Å². The number of nitrogens with one attached hydrogen (secondary N) is 1. The Kier molecular flexibility index (Phi) is 6.09. The van der Waals surface area contributed by atoms with Gasteiger partial charge in [0.15, 0.2) is 5.75 Å². The molecule has 2 amide bonds. The molecule has 4 rings (SSSR count). The van der Waals surface area contributed by atoms with Crippen LogP contribution in [-0.4, -0.2) is 29.8 Å². The first-order valence-corrected chi connectivity index (χ1v) is 10.6. The van der Waals surface area contributed by atoms with Gasteiger partial charge < -0.3 is 15.0 Å². The molecule has 0 bridgehead atoms. The van der Waals surface area contributed by atoms with Gasteiger partial charge >= 0.3 is 0 Å². The summed E-state index contributed by atoms with van der Waals surface area (Å²) in [6.07, 6.45) is 1.41. The lowest BCUT2D eigenvalue weighted by molar-refractivity contribution is -0.121. The number of nitrogens with zero attached hydrogens (tertiary/aromatic N) is 1. The highest BCUT2D eigenvalue weighted by atomic mass is 32.1. The molecule has 1 aromatic heterocycles. The Labute approximate surface area is 178 Å². The van der Waals surface area contributed by atoms with E-state index in [1.165, 1.54) is 29.5 Å². The molecular formula is C23H21FN2O3S. The van der Waals surface area contributed by atoms with Crippen LogP contribution in [0.2, 0.25) is 0 Å². The van der Waals surface area contributed by atoms with Gasteiger partial charge in [-0.1, -0.05) is 24.3 Å². The molecule has 7 heteroatoms. The molecule has 1 aliphatic heterocycles. The SMILES string of the molecule is O=C(Nc1cc(F)ccc1Oc1ccccc1)C1CCCN(C(=O)c2cccs2)C1. The van der Waals surface area contributed by atoms with Crippen LogP contribution in [0.4, 0.5) is 10.1 Å². The lowest BCUT2D eigenvalue weighted by Gasteiger charge is -2.31. The van der Waals surface area contributed by atoms with Crippen LogP contribution >= 0.6 is 11.3 Å². The van der Waals surface area contributed by atoms with Crippen LogP contribution in [0.3, 0.4) is 0 Å². The second-order valence-corrected chi connectivity index (χ2v) is 8.06. The van der Waals surface area contributed by atoms with Crippen LogP contribution in [0.25, 0.3) is 0 Å². The Morgan fingerprint density at radius 2 is 1.93 bits per heavy atom. The van der Waals surface area contributed by atoms with Crippen molar-refractivity contribution in [2.75, 3.05) is 18.4 Å². The van der Waals surface area contributed by atoms with E-state index in [9.17, 15) is 14.0 Å². The highest BCUT2D eigenvalue weighted by Gasteiger charge is 2.29. The van der Waals surface area contributed by atoms with Crippen molar-refractivity contribution in [3.05, 3.63) is 76.7 Å². The van der Waals surface area contributed by atoms with Crippen molar-refractivity contribution in [1.29, 1.82) is 0 Å². The number of anilines is 1. The number of para-hydroxylation sites is 1. The number of carbonyl (C=O) groups is 2. The van der Waals surface area contributed by atoms with E-state index in [1.807, 2.05) is 29.6 Å². The van der Waals surface area contributed by atoms with E-state index in [2.05, 4.69) is 5.32 Å². The molecule has 0 saturated carbocycles. The summed E-state index contributed by atoms with van der Waals surface area (Å²) in [5.74, 6) is -0.189. The van der Waals surface area contributed by atoms with Gasteiger partial charge in [0.25, 0.3) is 5.91 Å². The van der Waals surface area contributed by atoms with Gasteiger partial charge in [-0.25, -0.2) is 4.39 Å². The number of carbonyl (C=O) groups excluding carboxylic acids is 2. The van der Waals surface area contributed by atoms with Crippen LogP contribution in [0.1, 0.15) is 22.5 Å². The fourth-order valence-electron chi connectivity index (χ4n) is 3.47. The Morgan fingerprint density at radius 1 is 1.10 bits per heavy atom. The number of likely N-dealkylation sites (tertiary alicyclic amines) is 1. The summed E-state index contributed by atoms with van der Waals surface area (Å²) < 4.78 is 19.7. The molecule has 1 atom stereocenters. The maximum absolute atomic E-state index is 13.8. The van der Waals surface area contributed by atoms with Gasteiger partial charge in [0.2, 0.25) is 5.91 Å². The Bertz CT molecular complexity index is 1020. The number of halogens is 1. The van der Waals surface area contributed by atoms with E-state index in [0.717, 1.165) is 6.42 Å². The number of benzene rings is 2. The van der Waals surface area contributed by atoms with E-state index >= 15 is 0 Å². The zero-order valence-electron chi connectivity index (χ0n) is 16.2. The van der Waals surface area contributed by atoms with Gasteiger partial charge in [0, 0.05) is 19.2 Å². The molecule has 5 nitrogen and oxygen atoms in total. The Balaban J connectivity index is 1.46. The maximum Gasteiger partial charge on any atom is 0.263 e. The van der Waals surface area contributed by atoms with Gasteiger partial charge in [0.1, 0.15) is 11.6 Å². The third-order valence-electron chi connectivity index (χ3n) is 4.98. The molecule has 0 spiro atoms. The maximum atomic E-state index is 13.8. The van der Waals surface area contributed by atoms with Gasteiger partial charge in [-0.2, -0.15) is 0 Å². The molecule has 3 aromatic rings. The van der Waals surface area contributed by atoms with Gasteiger partial charge in [0.05, 0.1) is 16.5 Å². The predicted octanol–water partition coefficient (Wildman–Crippen LogP) is 5.17. The third kappa shape index (κ3) is 4.68. The van der Waals surface area contributed by atoms with Gasteiger partial charge in [-0.3, -0.25) is 9.59 Å². The number of ether oxygens (including phenoxy) is 1. The largest absolute Gasteiger partial charge is 0.455 e. The van der Waals surface area contributed by atoms with E-state index in [1.54, 1.807) is 23.1 Å². The molecule has 2 aromatic carbocycles. The van der Waals surface area contributed by atoms with Gasteiger partial charge in [-0.15, -0.1) is 11.3 Å². The molecule has 154 valence electrons. The number of hydrogen-bond acceptors (Lipinski definition) is 4. The molecule has 1 fully saturated rings. The highest BCUT2D eigenvalue weighted by molar-refractivity contribution is 7.12. The van der Waals surface area contributed by atoms with Crippen LogP contribution < -0.4 is 10.1 Å². The van der Waals surface area contributed by atoms with Crippen molar-refractivity contribution in [3.63, 3.8) is 0 Å². The van der Waals surface area contributed by atoms with Crippen molar-refractivity contribution in [2.24, 2.45) is 5.92 Å². The molecule has 30 heavy (non-hydrogen) atoms. The second kappa shape index (κ2) is 9.09. The normalized spacial score (nSPS) is 16.2. The topological polar surface area (TPSA) is 58.6 Å². The molecule has 0 aliphatic carbocycles. The van der Waals surface area contributed by atoms with Crippen molar-refractivity contribution in [2.45, 2.75) is 12.8 Å². The van der Waals surface area contributed by atoms with E-state index in [0.29, 0.717) is 35.9 Å². The molecule has 1 unspecified atom stereocenters. The van der Waals surface area contributed by atoms with E-state index in [4.69, 9.17) is 4.74 Å². The number of amides is 2. The Hall–Kier alpha value is -3.19. The van der Waals surface area contributed by atoms with Crippen molar-refractivity contribution >= 4 is 28.8 Å². The summed E-state index contributed by atoms with van der Waals surface area (Å²) in [6, 6.07) is 16.7. The first-order valence-electron chi connectivity index (χ1n) is 9.76. The molecule has 1 N–H and O–H groups in total. The summed E-state index contributed by atoms with van der Waals surface area (Å²) in [7, 11) is 0. The van der Waals surface area contributed by atoms with Crippen LogP contribution in [0.15, 0.2) is 66.0 Å². The minimum atomic E-state index is -0.469. The quantitative estimate of drug-likeness (QED) is 0.615. The smallest absolute Gasteiger partial charge is 0.263 e. The van der Waals surface area contributed by atoms with Crippen molar-refractivity contribution in [1.82, 2.24) is 4.90 Å². The standard InChI is InChI=1S/C23H21FN2O3S/c24-17-10-11-20(29-18-7-2-1-3-8-18)19(14-17)25-22(27)16-6-4-12-26(15-16)23(28)21-9-5-13-30-21/h1-3,5,7-11,13-14,16H,4,6,12,15H2,(H,25,27). The number of rotatable bonds is 5. The lowest BCUT2D eigenvalue weighted by atomic mass is 9.96. The molecule has 1 saturated heterocycles. The molecule has 0 radical (unpaired) electrons. The van der Waals surface area contributed by atoms with E-state index in [-0.39, 0.29) is 23.4 Å². The van der Waals surface area contributed by atoms with Crippen LogP contribution in [0, 0.1) is 11.7 Å². The van der Waals surface area contributed by atoms with Crippen molar-refractivity contribution in [3.8, 4) is 11.5 Å². The van der Waals surface area contributed by atoms with E-state index < -0.39 is 5.82 Å². The summed E-state index contributed by atoms with van der Waals surface area (Å²) in [5, 5.41) is 4.66. The zero-order valence-corrected chi connectivity index (χ0v) is 17.0. The summed E-state index contributed by atoms with van der Waals surface area (Å²) in [5.41, 5.74) is 0.269. The first kappa shape index (κ1) is 20.1. The summed E-state index contributed by atoms with van der Waals surface area (Å²) in [4.78, 5) is 27.9. The van der Waals surface area contributed by atoms with Crippen LogP contribution in [0.5, 0.6) is 11.5 Å². The Morgan fingerprint density at radius 3 is 2.70 bits per heavy atom. The zero-order chi connectivity index (χ0) is 20.9. The predicted molar refractivity (Wildman–Crippen MR) is 114 cm³/mol. The summed E-state index contributed by atoms with van der Waals surface area (Å²) in [6.45, 7) is 0.968. The summed E-state index contributed by atoms with van der Waals surface area (Å²) >= 11 is 1.39. The molecular weight excluding hydrogens is 403 g/mol. The third-order valence-corrected chi connectivity index (χ3v) is 5.84. The minimum absolute atomic E-state index is 0.0543. The highest BCUT2D eigenvalue weighted by Crippen LogP contribution is 2.31. The number of piperidine rings is 1. The fraction of sp³-hybridized carbons (Fsp3) is 0.217. The molecule has 2 heterocycles. The lowest BCUT2D eigenvalue weighted by Crippen LogP contribution is -2.43. The second-order valence-electron chi connectivity index (χ2n) is 7.11. The number of thiophene rings is 1. The van der Waals surface area contributed by atoms with Crippen LogP contribution in [-0.2, 0) is 4.79 Å². The van der Waals surface area contributed by atoms with Crippen molar-refractivity contribution < 1.29 is 18.7 Å².